The highest BCUT2D eigenvalue weighted by atomic mass is 19.1. The summed E-state index contributed by atoms with van der Waals surface area (Å²) in [6.07, 6.45) is 1.53. The van der Waals surface area contributed by atoms with Gasteiger partial charge in [-0.25, -0.2) is 9.37 Å². The first kappa shape index (κ1) is 12.6. The number of nitrogens with zero attached hydrogens (tertiary/aromatic N) is 4. The van der Waals surface area contributed by atoms with Crippen LogP contribution in [0.2, 0.25) is 0 Å². The van der Waals surface area contributed by atoms with Gasteiger partial charge in [0.05, 0.1) is 16.6 Å². The minimum absolute atomic E-state index is 0.278. The van der Waals surface area contributed by atoms with Gasteiger partial charge < -0.3 is 4.98 Å². The van der Waals surface area contributed by atoms with E-state index in [1.165, 1.54) is 22.8 Å². The fraction of sp³-hybridized carbons (Fsp3) is 0.0667. The number of rotatable bonds is 1. The zero-order valence-corrected chi connectivity index (χ0v) is 11.5. The Kier molecular flexibility index (Phi) is 2.56. The van der Waals surface area contributed by atoms with Gasteiger partial charge >= 0.3 is 0 Å². The smallest absolute Gasteiger partial charge is 0.259 e. The monoisotopic (exact) mass is 295 g/mol. The van der Waals surface area contributed by atoms with Crippen LogP contribution < -0.4 is 5.56 Å². The minimum atomic E-state index is -0.345. The van der Waals surface area contributed by atoms with E-state index >= 15 is 0 Å². The maximum atomic E-state index is 13.2. The zero-order chi connectivity index (χ0) is 15.3. The van der Waals surface area contributed by atoms with Gasteiger partial charge in [0.1, 0.15) is 11.6 Å². The maximum Gasteiger partial charge on any atom is 0.259 e. The van der Waals surface area contributed by atoms with E-state index in [9.17, 15) is 9.18 Å². The Morgan fingerprint density at radius 3 is 2.68 bits per heavy atom. The Labute approximate surface area is 123 Å². The molecular formula is C15H10FN5O. The summed E-state index contributed by atoms with van der Waals surface area (Å²) in [5.41, 5.74) is 1.45. The molecule has 3 aromatic heterocycles. The molecular weight excluding hydrogens is 285 g/mol. The van der Waals surface area contributed by atoms with Crippen molar-refractivity contribution in [3.8, 4) is 11.3 Å². The predicted molar refractivity (Wildman–Crippen MR) is 79.0 cm³/mol. The third kappa shape index (κ3) is 1.79. The number of aromatic nitrogens is 5. The second-order valence-corrected chi connectivity index (χ2v) is 4.91. The number of aromatic amines is 1. The molecule has 0 saturated heterocycles. The van der Waals surface area contributed by atoms with E-state index in [0.29, 0.717) is 33.8 Å². The lowest BCUT2D eigenvalue weighted by atomic mass is 10.1. The fourth-order valence-electron chi connectivity index (χ4n) is 2.50. The quantitative estimate of drug-likeness (QED) is 0.583. The summed E-state index contributed by atoms with van der Waals surface area (Å²) in [4.78, 5) is 23.5. The molecule has 0 saturated carbocycles. The fourth-order valence-corrected chi connectivity index (χ4v) is 2.50. The SMILES string of the molecule is Cc1nc2nc3cc[nH]c(=O)c3c(-c3ccc(F)cc3)n2n1. The molecule has 0 atom stereocenters. The van der Waals surface area contributed by atoms with Crippen LogP contribution in [0.25, 0.3) is 27.9 Å². The highest BCUT2D eigenvalue weighted by Gasteiger charge is 2.16. The van der Waals surface area contributed by atoms with E-state index in [2.05, 4.69) is 20.1 Å². The van der Waals surface area contributed by atoms with Gasteiger partial charge in [0.15, 0.2) is 0 Å². The third-order valence-corrected chi connectivity index (χ3v) is 3.42. The van der Waals surface area contributed by atoms with E-state index in [1.807, 2.05) is 0 Å². The van der Waals surface area contributed by atoms with Gasteiger partial charge in [0, 0.05) is 11.8 Å². The maximum absolute atomic E-state index is 13.2. The molecule has 6 nitrogen and oxygen atoms in total. The summed E-state index contributed by atoms with van der Waals surface area (Å²) in [6, 6.07) is 7.59. The molecule has 0 radical (unpaired) electrons. The molecule has 108 valence electrons. The molecule has 22 heavy (non-hydrogen) atoms. The van der Waals surface area contributed by atoms with Crippen molar-refractivity contribution in [2.45, 2.75) is 6.92 Å². The Hall–Kier alpha value is -3.09. The average molecular weight is 295 g/mol. The first-order valence-corrected chi connectivity index (χ1v) is 6.64. The van der Waals surface area contributed by atoms with Gasteiger partial charge in [-0.05, 0) is 37.3 Å². The number of pyridine rings is 1. The van der Waals surface area contributed by atoms with Crippen LogP contribution in [0.15, 0.2) is 41.3 Å². The van der Waals surface area contributed by atoms with E-state index < -0.39 is 0 Å². The molecule has 1 N–H and O–H groups in total. The highest BCUT2D eigenvalue weighted by Crippen LogP contribution is 2.25. The van der Waals surface area contributed by atoms with Gasteiger partial charge in [0.25, 0.3) is 11.3 Å². The Balaban J connectivity index is 2.24. The summed E-state index contributed by atoms with van der Waals surface area (Å²) in [7, 11) is 0. The van der Waals surface area contributed by atoms with Crippen LogP contribution in [0.4, 0.5) is 4.39 Å². The van der Waals surface area contributed by atoms with Crippen molar-refractivity contribution in [1.29, 1.82) is 0 Å². The number of halogens is 1. The molecule has 0 fully saturated rings. The lowest BCUT2D eigenvalue weighted by molar-refractivity contribution is 0.628. The predicted octanol–water partition coefficient (Wildman–Crippen LogP) is 2.08. The number of fused-ring (bicyclic) bond motifs is 2. The summed E-state index contributed by atoms with van der Waals surface area (Å²) < 4.78 is 14.7. The molecule has 0 amide bonds. The van der Waals surface area contributed by atoms with Gasteiger partial charge in [-0.15, -0.1) is 5.10 Å². The van der Waals surface area contributed by atoms with Crippen molar-refractivity contribution < 1.29 is 4.39 Å². The summed E-state index contributed by atoms with van der Waals surface area (Å²) in [6.45, 7) is 1.75. The van der Waals surface area contributed by atoms with Crippen molar-refractivity contribution in [2.75, 3.05) is 0 Å². The molecule has 3 heterocycles. The van der Waals surface area contributed by atoms with Crippen molar-refractivity contribution in [3.63, 3.8) is 0 Å². The Morgan fingerprint density at radius 1 is 1.14 bits per heavy atom. The van der Waals surface area contributed by atoms with Gasteiger partial charge in [-0.2, -0.15) is 9.50 Å². The van der Waals surface area contributed by atoms with E-state index in [0.717, 1.165) is 0 Å². The molecule has 0 unspecified atom stereocenters. The second-order valence-electron chi connectivity index (χ2n) is 4.91. The number of benzene rings is 1. The summed E-state index contributed by atoms with van der Waals surface area (Å²) in [5, 5.41) is 4.69. The van der Waals surface area contributed by atoms with Crippen molar-refractivity contribution in [2.24, 2.45) is 0 Å². The number of aryl methyl sites for hydroxylation is 1. The molecule has 0 bridgehead atoms. The molecule has 1 aromatic carbocycles. The van der Waals surface area contributed by atoms with Crippen LogP contribution in [0.5, 0.6) is 0 Å². The van der Waals surface area contributed by atoms with Crippen LogP contribution in [0.1, 0.15) is 5.82 Å². The van der Waals surface area contributed by atoms with Crippen LogP contribution in [-0.2, 0) is 0 Å². The lowest BCUT2D eigenvalue weighted by Gasteiger charge is -2.07. The largest absolute Gasteiger partial charge is 0.328 e. The highest BCUT2D eigenvalue weighted by molar-refractivity contribution is 5.92. The van der Waals surface area contributed by atoms with Crippen LogP contribution in [-0.4, -0.2) is 24.6 Å². The minimum Gasteiger partial charge on any atom is -0.328 e. The van der Waals surface area contributed by atoms with Gasteiger partial charge in [-0.1, -0.05) is 0 Å². The first-order chi connectivity index (χ1) is 10.6. The molecule has 0 aliphatic rings. The average Bonchev–Trinajstić information content (AvgIpc) is 2.86. The topological polar surface area (TPSA) is 75.9 Å². The van der Waals surface area contributed by atoms with Gasteiger partial charge in [0.2, 0.25) is 0 Å². The number of H-pyrrole nitrogens is 1. The molecule has 0 spiro atoms. The van der Waals surface area contributed by atoms with E-state index in [-0.39, 0.29) is 11.4 Å². The summed E-state index contributed by atoms with van der Waals surface area (Å²) >= 11 is 0. The Morgan fingerprint density at radius 2 is 1.91 bits per heavy atom. The van der Waals surface area contributed by atoms with Crippen LogP contribution in [0, 0.1) is 12.7 Å². The van der Waals surface area contributed by atoms with Crippen molar-refractivity contribution in [1.82, 2.24) is 24.6 Å². The molecule has 0 aliphatic carbocycles. The zero-order valence-electron chi connectivity index (χ0n) is 11.5. The normalized spacial score (nSPS) is 11.4. The third-order valence-electron chi connectivity index (χ3n) is 3.42. The molecule has 4 aromatic rings. The van der Waals surface area contributed by atoms with Crippen molar-refractivity contribution >= 4 is 16.7 Å². The summed E-state index contributed by atoms with van der Waals surface area (Å²) in [5.74, 6) is 0.597. The van der Waals surface area contributed by atoms with Gasteiger partial charge in [-0.3, -0.25) is 4.79 Å². The van der Waals surface area contributed by atoms with Crippen LogP contribution >= 0.6 is 0 Å². The standard InChI is InChI=1S/C15H10FN5O/c1-8-18-15-19-11-6-7-17-14(22)12(11)13(21(15)20-8)9-2-4-10(16)5-3-9/h2-7H,1H3,(H,17,22). The molecule has 7 heteroatoms. The van der Waals surface area contributed by atoms with Crippen molar-refractivity contribution in [3.05, 3.63) is 58.5 Å². The molecule has 4 rings (SSSR count). The number of nitrogens with one attached hydrogen (secondary N) is 1. The van der Waals surface area contributed by atoms with E-state index in [1.54, 1.807) is 25.1 Å². The second kappa shape index (κ2) is 4.45. The first-order valence-electron chi connectivity index (χ1n) is 6.64. The number of hydrogen-bond acceptors (Lipinski definition) is 4. The lowest BCUT2D eigenvalue weighted by Crippen LogP contribution is -2.10. The Bertz CT molecular complexity index is 1070. The van der Waals surface area contributed by atoms with E-state index in [4.69, 9.17) is 0 Å². The van der Waals surface area contributed by atoms with Crippen LogP contribution in [0.3, 0.4) is 0 Å². The number of hydrogen-bond donors (Lipinski definition) is 1. The molecule has 0 aliphatic heterocycles.